The van der Waals surface area contributed by atoms with Crippen molar-refractivity contribution in [2.75, 3.05) is 26.5 Å². The highest BCUT2D eigenvalue weighted by Crippen LogP contribution is 2.07. The third-order valence-electron chi connectivity index (χ3n) is 2.40. The highest BCUT2D eigenvalue weighted by molar-refractivity contribution is 7.88. The zero-order valence-electron chi connectivity index (χ0n) is 10.8. The van der Waals surface area contributed by atoms with Gasteiger partial charge in [-0.15, -0.1) is 0 Å². The van der Waals surface area contributed by atoms with Crippen molar-refractivity contribution in [2.45, 2.75) is 39.6 Å². The Labute approximate surface area is 98.8 Å². The molecule has 0 aromatic heterocycles. The Bertz CT molecular complexity index is 279. The summed E-state index contributed by atoms with van der Waals surface area (Å²) in [5.41, 5.74) is 0. The Morgan fingerprint density at radius 2 is 1.88 bits per heavy atom. The molecule has 0 aliphatic carbocycles. The van der Waals surface area contributed by atoms with Crippen LogP contribution in [0, 0.1) is 0 Å². The second kappa shape index (κ2) is 7.21. The molecule has 0 aliphatic rings. The van der Waals surface area contributed by atoms with Crippen LogP contribution < -0.4 is 0 Å². The molecule has 0 heterocycles. The summed E-state index contributed by atoms with van der Waals surface area (Å²) in [6.07, 6.45) is 1.60. The van der Waals surface area contributed by atoms with Crippen molar-refractivity contribution in [3.05, 3.63) is 0 Å². The minimum atomic E-state index is -3.19. The number of nitrogens with zero attached hydrogens (tertiary/aromatic N) is 1. The van der Waals surface area contributed by atoms with E-state index in [-0.39, 0.29) is 12.6 Å². The minimum Gasteiger partial charge on any atom is -0.354 e. The molecular weight excluding hydrogens is 230 g/mol. The molecule has 16 heavy (non-hydrogen) atoms. The lowest BCUT2D eigenvalue weighted by molar-refractivity contribution is -0.154. The van der Waals surface area contributed by atoms with Gasteiger partial charge in [-0.1, -0.05) is 13.8 Å². The topological polar surface area (TPSA) is 55.8 Å². The summed E-state index contributed by atoms with van der Waals surface area (Å²) in [5.74, 6) is 0. The van der Waals surface area contributed by atoms with Gasteiger partial charge >= 0.3 is 0 Å². The van der Waals surface area contributed by atoms with Gasteiger partial charge in [-0.2, -0.15) is 4.31 Å². The number of hydrogen-bond acceptors (Lipinski definition) is 4. The predicted octanol–water partition coefficient (Wildman–Crippen LogP) is 1.06. The second-order valence-electron chi connectivity index (χ2n) is 3.73. The maximum Gasteiger partial charge on any atom is 0.211 e. The highest BCUT2D eigenvalue weighted by Gasteiger charge is 2.21. The first-order valence-electron chi connectivity index (χ1n) is 5.48. The Morgan fingerprint density at radius 3 is 2.19 bits per heavy atom. The second-order valence-corrected chi connectivity index (χ2v) is 5.72. The Balaban J connectivity index is 4.40. The largest absolute Gasteiger partial charge is 0.354 e. The molecule has 98 valence electrons. The Hall–Kier alpha value is -0.170. The van der Waals surface area contributed by atoms with Crippen LogP contribution in [0.15, 0.2) is 0 Å². The van der Waals surface area contributed by atoms with Gasteiger partial charge in [0.2, 0.25) is 10.0 Å². The van der Waals surface area contributed by atoms with E-state index < -0.39 is 16.3 Å². The van der Waals surface area contributed by atoms with Crippen LogP contribution in [0.4, 0.5) is 0 Å². The highest BCUT2D eigenvalue weighted by atomic mass is 32.2. The van der Waals surface area contributed by atoms with Gasteiger partial charge in [-0.05, 0) is 13.3 Å². The lowest BCUT2D eigenvalue weighted by atomic mass is 10.3. The van der Waals surface area contributed by atoms with Crippen LogP contribution in [0.3, 0.4) is 0 Å². The fourth-order valence-electron chi connectivity index (χ4n) is 1.19. The van der Waals surface area contributed by atoms with Gasteiger partial charge in [-0.3, -0.25) is 0 Å². The zero-order valence-corrected chi connectivity index (χ0v) is 11.6. The van der Waals surface area contributed by atoms with Gasteiger partial charge in [0, 0.05) is 13.7 Å². The molecule has 2 atom stereocenters. The van der Waals surface area contributed by atoms with Crippen molar-refractivity contribution >= 4 is 10.0 Å². The molecule has 0 unspecified atom stereocenters. The van der Waals surface area contributed by atoms with E-state index in [1.54, 1.807) is 6.92 Å². The third kappa shape index (κ3) is 5.79. The standard InChI is InChI=1S/C10H23NO4S/c1-6-9(3)15-10(14-4)8-11(7-2)16(5,12)13/h9-10H,6-8H2,1-5H3/t9-,10-/m0/s1. The van der Waals surface area contributed by atoms with Crippen LogP contribution in [-0.2, 0) is 19.5 Å². The summed E-state index contributed by atoms with van der Waals surface area (Å²) in [6, 6.07) is 0. The molecule has 5 nitrogen and oxygen atoms in total. The van der Waals surface area contributed by atoms with Crippen LogP contribution in [-0.4, -0.2) is 51.6 Å². The smallest absolute Gasteiger partial charge is 0.211 e. The van der Waals surface area contributed by atoms with E-state index in [1.807, 2.05) is 13.8 Å². The molecule has 0 aromatic carbocycles. The molecular formula is C10H23NO4S. The molecule has 0 rings (SSSR count). The van der Waals surface area contributed by atoms with Crippen LogP contribution in [0.2, 0.25) is 0 Å². The lowest BCUT2D eigenvalue weighted by Crippen LogP contribution is -2.39. The fourth-order valence-corrected chi connectivity index (χ4v) is 2.06. The van der Waals surface area contributed by atoms with E-state index in [0.29, 0.717) is 6.54 Å². The van der Waals surface area contributed by atoms with Crippen molar-refractivity contribution in [1.29, 1.82) is 0 Å². The van der Waals surface area contributed by atoms with Crippen LogP contribution in [0.25, 0.3) is 0 Å². The normalized spacial score (nSPS) is 16.4. The summed E-state index contributed by atoms with van der Waals surface area (Å²) in [5, 5.41) is 0. The van der Waals surface area contributed by atoms with E-state index in [1.165, 1.54) is 17.7 Å². The average Bonchev–Trinajstić information content (AvgIpc) is 2.21. The summed E-state index contributed by atoms with van der Waals surface area (Å²) >= 11 is 0. The van der Waals surface area contributed by atoms with Crippen LogP contribution >= 0.6 is 0 Å². The minimum absolute atomic E-state index is 0.0585. The van der Waals surface area contributed by atoms with Crippen molar-refractivity contribution in [2.24, 2.45) is 0 Å². The maximum absolute atomic E-state index is 11.4. The summed E-state index contributed by atoms with van der Waals surface area (Å²) in [4.78, 5) is 0. The Kier molecular flexibility index (Phi) is 7.14. The molecule has 0 spiro atoms. The molecule has 0 radical (unpaired) electrons. The molecule has 6 heteroatoms. The molecule has 0 saturated heterocycles. The molecule has 0 bridgehead atoms. The van der Waals surface area contributed by atoms with Crippen molar-refractivity contribution in [1.82, 2.24) is 4.31 Å². The first-order valence-corrected chi connectivity index (χ1v) is 7.33. The first kappa shape index (κ1) is 15.8. The van der Waals surface area contributed by atoms with Crippen LogP contribution in [0.5, 0.6) is 0 Å². The van der Waals surface area contributed by atoms with Gasteiger partial charge < -0.3 is 9.47 Å². The number of likely N-dealkylation sites (N-methyl/N-ethyl adjacent to an activating group) is 1. The maximum atomic E-state index is 11.4. The van der Waals surface area contributed by atoms with Gasteiger partial charge in [0.1, 0.15) is 0 Å². The van der Waals surface area contributed by atoms with E-state index in [4.69, 9.17) is 9.47 Å². The van der Waals surface area contributed by atoms with Gasteiger partial charge in [-0.25, -0.2) is 8.42 Å². The van der Waals surface area contributed by atoms with E-state index in [2.05, 4.69) is 0 Å². The fraction of sp³-hybridized carbons (Fsp3) is 1.00. The number of hydrogen-bond donors (Lipinski definition) is 0. The number of rotatable bonds is 8. The summed E-state index contributed by atoms with van der Waals surface area (Å²) < 4.78 is 34.8. The van der Waals surface area contributed by atoms with Crippen molar-refractivity contribution in [3.8, 4) is 0 Å². The molecule has 0 aliphatic heterocycles. The number of methoxy groups -OCH3 is 1. The van der Waals surface area contributed by atoms with Gasteiger partial charge in [0.15, 0.2) is 6.29 Å². The zero-order chi connectivity index (χ0) is 12.8. The monoisotopic (exact) mass is 253 g/mol. The quantitative estimate of drug-likeness (QED) is 0.607. The van der Waals surface area contributed by atoms with Gasteiger partial charge in [0.05, 0.1) is 18.9 Å². The third-order valence-corrected chi connectivity index (χ3v) is 3.74. The first-order chi connectivity index (χ1) is 7.35. The summed E-state index contributed by atoms with van der Waals surface area (Å²) in [6.45, 7) is 6.38. The Morgan fingerprint density at radius 1 is 1.31 bits per heavy atom. The average molecular weight is 253 g/mol. The number of ether oxygens (including phenoxy) is 2. The van der Waals surface area contributed by atoms with E-state index in [0.717, 1.165) is 6.42 Å². The SMILES string of the molecule is CC[C@H](C)O[C@@H](CN(CC)S(C)(=O)=O)OC. The summed E-state index contributed by atoms with van der Waals surface area (Å²) in [7, 11) is -1.67. The number of sulfonamides is 1. The molecule has 0 amide bonds. The van der Waals surface area contributed by atoms with Crippen LogP contribution in [0.1, 0.15) is 27.2 Å². The van der Waals surface area contributed by atoms with E-state index >= 15 is 0 Å². The van der Waals surface area contributed by atoms with E-state index in [9.17, 15) is 8.42 Å². The lowest BCUT2D eigenvalue weighted by Gasteiger charge is -2.25. The molecule has 0 aromatic rings. The predicted molar refractivity (Wildman–Crippen MR) is 63.7 cm³/mol. The molecule has 0 N–H and O–H groups in total. The van der Waals surface area contributed by atoms with Crippen molar-refractivity contribution in [3.63, 3.8) is 0 Å². The molecule has 0 saturated carbocycles. The van der Waals surface area contributed by atoms with Gasteiger partial charge in [0.25, 0.3) is 0 Å². The molecule has 0 fully saturated rings. The van der Waals surface area contributed by atoms with Crippen molar-refractivity contribution < 1.29 is 17.9 Å².